The van der Waals surface area contributed by atoms with Crippen LogP contribution in [0.15, 0.2) is 40.3 Å². The summed E-state index contributed by atoms with van der Waals surface area (Å²) in [6.07, 6.45) is 1.68. The summed E-state index contributed by atoms with van der Waals surface area (Å²) >= 11 is 1.63. The third kappa shape index (κ3) is 3.19. The Balaban J connectivity index is 1.23. The van der Waals surface area contributed by atoms with Crippen LogP contribution >= 0.6 is 11.3 Å². The Morgan fingerprint density at radius 1 is 1.11 bits per heavy atom. The molecule has 0 saturated carbocycles. The first kappa shape index (κ1) is 16.4. The average Bonchev–Trinajstić information content (AvgIpc) is 3.44. The number of furan rings is 1. The maximum Gasteiger partial charge on any atom is 0.178 e. The van der Waals surface area contributed by atoms with Gasteiger partial charge in [-0.05, 0) is 31.2 Å². The van der Waals surface area contributed by atoms with Gasteiger partial charge in [-0.25, -0.2) is 4.98 Å². The first-order chi connectivity index (χ1) is 13.3. The Hall–Kier alpha value is -2.78. The molecule has 0 aliphatic carbocycles. The fraction of sp³-hybridized carbons (Fsp3) is 0.333. The number of anilines is 1. The molecule has 0 N–H and O–H groups in total. The van der Waals surface area contributed by atoms with E-state index in [4.69, 9.17) is 9.40 Å². The van der Waals surface area contributed by atoms with E-state index >= 15 is 0 Å². The van der Waals surface area contributed by atoms with Crippen molar-refractivity contribution in [1.82, 2.24) is 29.7 Å². The molecule has 9 heteroatoms. The second kappa shape index (κ2) is 6.75. The molecular formula is C18H19N7OS. The minimum atomic E-state index is 0.783. The van der Waals surface area contributed by atoms with E-state index in [0.29, 0.717) is 0 Å². The monoisotopic (exact) mass is 381 g/mol. The lowest BCUT2D eigenvalue weighted by atomic mass is 10.3. The molecule has 0 aromatic carbocycles. The number of rotatable bonds is 4. The van der Waals surface area contributed by atoms with Crippen molar-refractivity contribution in [3.05, 3.63) is 47.4 Å². The van der Waals surface area contributed by atoms with E-state index in [1.165, 1.54) is 0 Å². The van der Waals surface area contributed by atoms with E-state index in [2.05, 4.69) is 30.5 Å². The van der Waals surface area contributed by atoms with Crippen LogP contribution in [0.1, 0.15) is 11.5 Å². The van der Waals surface area contributed by atoms with E-state index in [0.717, 1.165) is 66.5 Å². The minimum absolute atomic E-state index is 0.783. The number of piperazine rings is 1. The summed E-state index contributed by atoms with van der Waals surface area (Å²) in [7, 11) is 0. The zero-order valence-corrected chi connectivity index (χ0v) is 15.8. The Labute approximate surface area is 160 Å². The number of hydrogen-bond donors (Lipinski definition) is 0. The fourth-order valence-corrected chi connectivity index (χ4v) is 4.09. The van der Waals surface area contributed by atoms with Crippen LogP contribution in [0.25, 0.3) is 16.4 Å². The first-order valence-electron chi connectivity index (χ1n) is 8.91. The second-order valence-electron chi connectivity index (χ2n) is 6.59. The molecule has 138 valence electrons. The van der Waals surface area contributed by atoms with Gasteiger partial charge in [0.05, 0.1) is 12.0 Å². The molecule has 1 saturated heterocycles. The lowest BCUT2D eigenvalue weighted by Gasteiger charge is -2.34. The van der Waals surface area contributed by atoms with Gasteiger partial charge in [-0.2, -0.15) is 4.52 Å². The second-order valence-corrected chi connectivity index (χ2v) is 7.45. The predicted molar refractivity (Wildman–Crippen MR) is 103 cm³/mol. The largest absolute Gasteiger partial charge is 0.462 e. The van der Waals surface area contributed by atoms with Gasteiger partial charge in [-0.15, -0.1) is 26.6 Å². The number of nitrogens with zero attached hydrogens (tertiary/aromatic N) is 7. The zero-order valence-electron chi connectivity index (χ0n) is 14.9. The zero-order chi connectivity index (χ0) is 18.2. The maximum atomic E-state index is 5.43. The molecule has 8 nitrogen and oxygen atoms in total. The van der Waals surface area contributed by atoms with Crippen LogP contribution in [0.2, 0.25) is 0 Å². The Morgan fingerprint density at radius 3 is 2.81 bits per heavy atom. The molecule has 0 radical (unpaired) electrons. The number of fused-ring (bicyclic) bond motifs is 1. The number of aryl methyl sites for hydroxylation is 1. The van der Waals surface area contributed by atoms with Gasteiger partial charge in [-0.1, -0.05) is 0 Å². The van der Waals surface area contributed by atoms with Gasteiger partial charge in [0.15, 0.2) is 22.2 Å². The highest BCUT2D eigenvalue weighted by Gasteiger charge is 2.20. The van der Waals surface area contributed by atoms with Crippen LogP contribution in [0.3, 0.4) is 0 Å². The molecule has 5 rings (SSSR count). The SMILES string of the molecule is Cc1nnc2ccc(N3CCN(Cc4csc(-c5ccco5)n4)CC3)nn12. The van der Waals surface area contributed by atoms with Gasteiger partial charge in [-0.3, -0.25) is 4.90 Å². The van der Waals surface area contributed by atoms with Gasteiger partial charge in [0.2, 0.25) is 0 Å². The van der Waals surface area contributed by atoms with Gasteiger partial charge in [0.1, 0.15) is 5.82 Å². The highest BCUT2D eigenvalue weighted by atomic mass is 32.1. The summed E-state index contributed by atoms with van der Waals surface area (Å²) < 4.78 is 7.23. The highest BCUT2D eigenvalue weighted by Crippen LogP contribution is 2.25. The van der Waals surface area contributed by atoms with Gasteiger partial charge >= 0.3 is 0 Å². The number of thiazole rings is 1. The van der Waals surface area contributed by atoms with Crippen LogP contribution in [0.4, 0.5) is 5.82 Å². The lowest BCUT2D eigenvalue weighted by Crippen LogP contribution is -2.46. The Bertz CT molecular complexity index is 1050. The van der Waals surface area contributed by atoms with Gasteiger partial charge in [0, 0.05) is 38.1 Å². The number of aromatic nitrogens is 5. The Morgan fingerprint density at radius 2 is 2.00 bits per heavy atom. The van der Waals surface area contributed by atoms with Crippen molar-refractivity contribution in [3.63, 3.8) is 0 Å². The van der Waals surface area contributed by atoms with Crippen molar-refractivity contribution < 1.29 is 4.42 Å². The summed E-state index contributed by atoms with van der Waals surface area (Å²) in [5, 5.41) is 15.9. The number of hydrogen-bond acceptors (Lipinski definition) is 8. The fourth-order valence-electron chi connectivity index (χ4n) is 3.31. The van der Waals surface area contributed by atoms with Crippen LogP contribution in [-0.2, 0) is 6.54 Å². The molecule has 0 amide bonds. The van der Waals surface area contributed by atoms with Gasteiger partial charge < -0.3 is 9.32 Å². The van der Waals surface area contributed by atoms with Crippen molar-refractivity contribution >= 4 is 22.8 Å². The van der Waals surface area contributed by atoms with Crippen LogP contribution in [0.5, 0.6) is 0 Å². The summed E-state index contributed by atoms with van der Waals surface area (Å²) in [6.45, 7) is 6.62. The summed E-state index contributed by atoms with van der Waals surface area (Å²) in [5.41, 5.74) is 1.88. The molecule has 0 bridgehead atoms. The standard InChI is InChI=1S/C18H19N7OS/c1-13-20-21-16-4-5-17(22-25(13)16)24-8-6-23(7-9-24)11-14-12-27-18(19-14)15-3-2-10-26-15/h2-5,10,12H,6-9,11H2,1H3. The lowest BCUT2D eigenvalue weighted by molar-refractivity contribution is 0.247. The van der Waals surface area contributed by atoms with Gasteiger partial charge in [0.25, 0.3) is 0 Å². The van der Waals surface area contributed by atoms with Crippen molar-refractivity contribution in [2.24, 2.45) is 0 Å². The minimum Gasteiger partial charge on any atom is -0.462 e. The Kier molecular flexibility index (Phi) is 4.10. The van der Waals surface area contributed by atoms with Crippen LogP contribution in [-0.4, -0.2) is 55.9 Å². The molecule has 1 aliphatic rings. The highest BCUT2D eigenvalue weighted by molar-refractivity contribution is 7.13. The third-order valence-electron chi connectivity index (χ3n) is 4.77. The van der Waals surface area contributed by atoms with E-state index in [1.54, 1.807) is 22.1 Å². The molecule has 0 spiro atoms. The molecule has 4 aromatic rings. The molecule has 4 aromatic heterocycles. The molecule has 27 heavy (non-hydrogen) atoms. The van der Waals surface area contributed by atoms with E-state index in [-0.39, 0.29) is 0 Å². The molecule has 1 aliphatic heterocycles. The normalized spacial score (nSPS) is 15.7. The summed E-state index contributed by atoms with van der Waals surface area (Å²) in [6, 6.07) is 7.83. The molecule has 0 unspecified atom stereocenters. The molecule has 0 atom stereocenters. The summed E-state index contributed by atoms with van der Waals surface area (Å²) in [4.78, 5) is 9.44. The third-order valence-corrected chi connectivity index (χ3v) is 5.68. The quantitative estimate of drug-likeness (QED) is 0.537. The maximum absolute atomic E-state index is 5.43. The van der Waals surface area contributed by atoms with Crippen molar-refractivity contribution in [2.75, 3.05) is 31.1 Å². The predicted octanol–water partition coefficient (Wildman–Crippen LogP) is 2.47. The van der Waals surface area contributed by atoms with Crippen molar-refractivity contribution in [2.45, 2.75) is 13.5 Å². The smallest absolute Gasteiger partial charge is 0.178 e. The van der Waals surface area contributed by atoms with Crippen LogP contribution in [0, 0.1) is 6.92 Å². The topological polar surface area (TPSA) is 75.6 Å². The molecule has 5 heterocycles. The van der Waals surface area contributed by atoms with E-state index in [1.807, 2.05) is 31.2 Å². The summed E-state index contributed by atoms with van der Waals surface area (Å²) in [5.74, 6) is 2.61. The van der Waals surface area contributed by atoms with E-state index < -0.39 is 0 Å². The molecule has 1 fully saturated rings. The van der Waals surface area contributed by atoms with Crippen molar-refractivity contribution in [1.29, 1.82) is 0 Å². The van der Waals surface area contributed by atoms with E-state index in [9.17, 15) is 0 Å². The average molecular weight is 381 g/mol. The first-order valence-corrected chi connectivity index (χ1v) is 9.79. The molecular weight excluding hydrogens is 362 g/mol. The van der Waals surface area contributed by atoms with Crippen LogP contribution < -0.4 is 4.90 Å². The van der Waals surface area contributed by atoms with Crippen molar-refractivity contribution in [3.8, 4) is 10.8 Å².